The fraction of sp³-hybridized carbons (Fsp3) is 0.429. The second-order valence-electron chi connectivity index (χ2n) is 4.40. The molecule has 2 heterocycles. The number of hydrogen-bond acceptors (Lipinski definition) is 4. The van der Waals surface area contributed by atoms with Gasteiger partial charge >= 0.3 is 0 Å². The highest BCUT2D eigenvalue weighted by Crippen LogP contribution is 2.14. The van der Waals surface area contributed by atoms with E-state index in [0.717, 1.165) is 6.42 Å². The molecule has 1 unspecified atom stereocenters. The first-order valence-electron chi connectivity index (χ1n) is 6.21. The van der Waals surface area contributed by atoms with E-state index in [0.29, 0.717) is 24.3 Å². The summed E-state index contributed by atoms with van der Waals surface area (Å²) >= 11 is 0. The van der Waals surface area contributed by atoms with Gasteiger partial charge in [0, 0.05) is 31.6 Å². The Kier molecular flexibility index (Phi) is 4.50. The number of likely N-dealkylation sites (N-methyl/N-ethyl adjacent to an activating group) is 1. The first-order chi connectivity index (χ1) is 9.22. The van der Waals surface area contributed by atoms with Crippen molar-refractivity contribution < 1.29 is 9.53 Å². The molecule has 0 bridgehead atoms. The van der Waals surface area contributed by atoms with Crippen molar-refractivity contribution in [2.24, 2.45) is 5.73 Å². The first-order valence-corrected chi connectivity index (χ1v) is 6.21. The van der Waals surface area contributed by atoms with E-state index >= 15 is 0 Å². The van der Waals surface area contributed by atoms with Crippen LogP contribution in [0.3, 0.4) is 0 Å². The van der Waals surface area contributed by atoms with Crippen LogP contribution in [0, 0.1) is 11.8 Å². The van der Waals surface area contributed by atoms with Gasteiger partial charge in [0.1, 0.15) is 0 Å². The van der Waals surface area contributed by atoms with E-state index in [9.17, 15) is 4.79 Å². The van der Waals surface area contributed by atoms with E-state index in [2.05, 4.69) is 16.8 Å². The summed E-state index contributed by atoms with van der Waals surface area (Å²) in [6.07, 6.45) is 4.06. The Hall–Kier alpha value is -1.90. The Morgan fingerprint density at radius 1 is 1.63 bits per heavy atom. The quantitative estimate of drug-likeness (QED) is 0.773. The van der Waals surface area contributed by atoms with Crippen LogP contribution in [0.1, 0.15) is 22.3 Å². The smallest absolute Gasteiger partial charge is 0.255 e. The van der Waals surface area contributed by atoms with Crippen molar-refractivity contribution in [1.82, 2.24) is 9.88 Å². The van der Waals surface area contributed by atoms with Crippen molar-refractivity contribution in [2.75, 3.05) is 26.8 Å². The number of rotatable bonds is 2. The normalized spacial score (nSPS) is 17.7. The van der Waals surface area contributed by atoms with Crippen LogP contribution < -0.4 is 5.73 Å². The SMILES string of the molecule is CN(C(=O)c1cncc(C#CCN)c1)C1CCOC1. The molecule has 1 aromatic rings. The number of aromatic nitrogens is 1. The maximum atomic E-state index is 12.3. The number of hydrogen-bond donors (Lipinski definition) is 1. The summed E-state index contributed by atoms with van der Waals surface area (Å²) in [5.74, 6) is 5.57. The van der Waals surface area contributed by atoms with Crippen LogP contribution in [0.2, 0.25) is 0 Å². The molecule has 5 heteroatoms. The monoisotopic (exact) mass is 259 g/mol. The Bertz CT molecular complexity index is 513. The lowest BCUT2D eigenvalue weighted by Crippen LogP contribution is -2.37. The van der Waals surface area contributed by atoms with Gasteiger partial charge in [-0.3, -0.25) is 9.78 Å². The van der Waals surface area contributed by atoms with Crippen molar-refractivity contribution in [3.63, 3.8) is 0 Å². The van der Waals surface area contributed by atoms with Gasteiger partial charge in [-0.15, -0.1) is 0 Å². The summed E-state index contributed by atoms with van der Waals surface area (Å²) in [7, 11) is 1.79. The molecule has 19 heavy (non-hydrogen) atoms. The van der Waals surface area contributed by atoms with Crippen LogP contribution in [0.15, 0.2) is 18.5 Å². The van der Waals surface area contributed by atoms with E-state index in [4.69, 9.17) is 10.5 Å². The van der Waals surface area contributed by atoms with E-state index in [1.54, 1.807) is 30.4 Å². The van der Waals surface area contributed by atoms with Gasteiger partial charge < -0.3 is 15.4 Å². The van der Waals surface area contributed by atoms with Crippen LogP contribution in [0.4, 0.5) is 0 Å². The molecule has 0 aliphatic carbocycles. The van der Waals surface area contributed by atoms with Crippen molar-refractivity contribution >= 4 is 5.91 Å². The maximum absolute atomic E-state index is 12.3. The first kappa shape index (κ1) is 13.5. The number of carbonyl (C=O) groups is 1. The fourth-order valence-corrected chi connectivity index (χ4v) is 1.98. The Balaban J connectivity index is 2.14. The minimum Gasteiger partial charge on any atom is -0.379 e. The minimum atomic E-state index is -0.0561. The zero-order valence-corrected chi connectivity index (χ0v) is 10.9. The van der Waals surface area contributed by atoms with Gasteiger partial charge in [0.25, 0.3) is 5.91 Å². The molecule has 0 aromatic carbocycles. The Morgan fingerprint density at radius 3 is 3.16 bits per heavy atom. The molecule has 5 nitrogen and oxygen atoms in total. The van der Waals surface area contributed by atoms with E-state index in [1.807, 2.05) is 0 Å². The van der Waals surface area contributed by atoms with Crippen LogP contribution in [-0.4, -0.2) is 48.6 Å². The van der Waals surface area contributed by atoms with Crippen molar-refractivity contribution in [1.29, 1.82) is 0 Å². The summed E-state index contributed by atoms with van der Waals surface area (Å²) in [4.78, 5) is 18.1. The van der Waals surface area contributed by atoms with Gasteiger partial charge in [-0.1, -0.05) is 11.8 Å². The highest BCUT2D eigenvalue weighted by molar-refractivity contribution is 5.94. The molecular weight excluding hydrogens is 242 g/mol. The summed E-state index contributed by atoms with van der Waals surface area (Å²) in [5, 5.41) is 0. The molecule has 1 fully saturated rings. The van der Waals surface area contributed by atoms with Crippen LogP contribution in [0.5, 0.6) is 0 Å². The number of pyridine rings is 1. The van der Waals surface area contributed by atoms with E-state index in [-0.39, 0.29) is 18.5 Å². The summed E-state index contributed by atoms with van der Waals surface area (Å²) in [6.45, 7) is 1.60. The van der Waals surface area contributed by atoms with Crippen LogP contribution in [-0.2, 0) is 4.74 Å². The Labute approximate surface area is 112 Å². The molecule has 1 amide bonds. The predicted molar refractivity (Wildman–Crippen MR) is 71.5 cm³/mol. The molecule has 2 N–H and O–H groups in total. The van der Waals surface area contributed by atoms with Gasteiger partial charge in [0.2, 0.25) is 0 Å². The molecule has 1 aliphatic rings. The highest BCUT2D eigenvalue weighted by Gasteiger charge is 2.25. The number of carbonyl (C=O) groups excluding carboxylic acids is 1. The van der Waals surface area contributed by atoms with Gasteiger partial charge in [-0.05, 0) is 12.5 Å². The molecule has 100 valence electrons. The zero-order valence-electron chi connectivity index (χ0n) is 10.9. The van der Waals surface area contributed by atoms with E-state index in [1.165, 1.54) is 0 Å². The molecule has 0 spiro atoms. The van der Waals surface area contributed by atoms with Crippen molar-refractivity contribution in [3.05, 3.63) is 29.6 Å². The third-order valence-electron chi connectivity index (χ3n) is 3.09. The molecule has 1 atom stereocenters. The Morgan fingerprint density at radius 2 is 2.47 bits per heavy atom. The largest absolute Gasteiger partial charge is 0.379 e. The molecular formula is C14H17N3O2. The van der Waals surface area contributed by atoms with Crippen molar-refractivity contribution in [2.45, 2.75) is 12.5 Å². The van der Waals surface area contributed by atoms with Gasteiger partial charge in [0.05, 0.1) is 24.8 Å². The van der Waals surface area contributed by atoms with Crippen LogP contribution in [0.25, 0.3) is 0 Å². The van der Waals surface area contributed by atoms with Gasteiger partial charge in [0.15, 0.2) is 0 Å². The minimum absolute atomic E-state index is 0.0561. The summed E-state index contributed by atoms with van der Waals surface area (Å²) < 4.78 is 5.30. The fourth-order valence-electron chi connectivity index (χ4n) is 1.98. The summed E-state index contributed by atoms with van der Waals surface area (Å²) in [5.41, 5.74) is 6.56. The predicted octanol–water partition coefficient (Wildman–Crippen LogP) is 0.253. The molecule has 0 radical (unpaired) electrons. The lowest BCUT2D eigenvalue weighted by Gasteiger charge is -2.23. The number of amides is 1. The van der Waals surface area contributed by atoms with E-state index < -0.39 is 0 Å². The maximum Gasteiger partial charge on any atom is 0.255 e. The molecule has 0 saturated carbocycles. The molecule has 1 aliphatic heterocycles. The number of nitrogens with zero attached hydrogens (tertiary/aromatic N) is 2. The topological polar surface area (TPSA) is 68.5 Å². The number of nitrogens with two attached hydrogens (primary N) is 1. The average molecular weight is 259 g/mol. The highest BCUT2D eigenvalue weighted by atomic mass is 16.5. The van der Waals surface area contributed by atoms with Crippen LogP contribution >= 0.6 is 0 Å². The lowest BCUT2D eigenvalue weighted by atomic mass is 10.1. The average Bonchev–Trinajstić information content (AvgIpc) is 2.98. The standard InChI is InChI=1S/C14H17N3O2/c1-17(13-4-6-19-10-13)14(18)12-7-11(3-2-5-15)8-16-9-12/h7-9,13H,4-6,10,15H2,1H3. The second kappa shape index (κ2) is 6.32. The van der Waals surface area contributed by atoms with Crippen molar-refractivity contribution in [3.8, 4) is 11.8 Å². The zero-order chi connectivity index (χ0) is 13.7. The second-order valence-corrected chi connectivity index (χ2v) is 4.40. The van der Waals surface area contributed by atoms with Gasteiger partial charge in [-0.2, -0.15) is 0 Å². The molecule has 1 saturated heterocycles. The molecule has 1 aromatic heterocycles. The third-order valence-corrected chi connectivity index (χ3v) is 3.09. The lowest BCUT2D eigenvalue weighted by molar-refractivity contribution is 0.0711. The third kappa shape index (κ3) is 3.31. The summed E-state index contributed by atoms with van der Waals surface area (Å²) in [6, 6.07) is 1.89. The number of ether oxygens (including phenoxy) is 1. The van der Waals surface area contributed by atoms with Gasteiger partial charge in [-0.25, -0.2) is 0 Å². The molecule has 2 rings (SSSR count).